The number of aryl methyl sites for hydroxylation is 1. The van der Waals surface area contributed by atoms with E-state index in [4.69, 9.17) is 0 Å². The minimum atomic E-state index is -0.0891. The van der Waals surface area contributed by atoms with E-state index in [1.54, 1.807) is 13.0 Å². The van der Waals surface area contributed by atoms with Crippen molar-refractivity contribution in [3.05, 3.63) is 32.6 Å². The number of benzene rings is 1. The maximum atomic E-state index is 13.0. The molecule has 0 amide bonds. The molecule has 0 aliphatic rings. The molecule has 0 atom stereocenters. The van der Waals surface area contributed by atoms with Crippen LogP contribution in [-0.4, -0.2) is 0 Å². The van der Waals surface area contributed by atoms with Crippen LogP contribution < -0.4 is 0 Å². The zero-order valence-corrected chi connectivity index (χ0v) is 8.78. The highest BCUT2D eigenvalue weighted by molar-refractivity contribution is 14.1. The average Bonchev–Trinajstić information content (AvgIpc) is 1.99. The third-order valence-electron chi connectivity index (χ3n) is 1.75. The van der Waals surface area contributed by atoms with Gasteiger partial charge in [-0.25, -0.2) is 4.39 Å². The van der Waals surface area contributed by atoms with Crippen molar-refractivity contribution in [3.63, 3.8) is 0 Å². The lowest BCUT2D eigenvalue weighted by atomic mass is 10.1. The smallest absolute Gasteiger partial charge is 0.127 e. The van der Waals surface area contributed by atoms with Gasteiger partial charge in [0.2, 0.25) is 0 Å². The van der Waals surface area contributed by atoms with E-state index in [-0.39, 0.29) is 5.82 Å². The summed E-state index contributed by atoms with van der Waals surface area (Å²) in [5.74, 6) is -0.0891. The van der Waals surface area contributed by atoms with Gasteiger partial charge in [0, 0.05) is 3.57 Å². The third kappa shape index (κ3) is 1.92. The summed E-state index contributed by atoms with van der Waals surface area (Å²) in [5.41, 5.74) is 1.82. The van der Waals surface area contributed by atoms with Gasteiger partial charge in [-0.1, -0.05) is 6.92 Å². The lowest BCUT2D eigenvalue weighted by molar-refractivity contribution is 0.615. The minimum absolute atomic E-state index is 0.0891. The van der Waals surface area contributed by atoms with Crippen molar-refractivity contribution in [2.75, 3.05) is 0 Å². The molecule has 2 heteroatoms. The molecule has 0 radical (unpaired) electrons. The normalized spacial score (nSPS) is 10.2. The third-order valence-corrected chi connectivity index (χ3v) is 2.87. The first-order chi connectivity index (χ1) is 5.15. The van der Waals surface area contributed by atoms with E-state index >= 15 is 0 Å². The van der Waals surface area contributed by atoms with E-state index in [1.807, 2.05) is 13.0 Å². The van der Waals surface area contributed by atoms with Crippen molar-refractivity contribution in [1.82, 2.24) is 0 Å². The zero-order chi connectivity index (χ0) is 8.43. The van der Waals surface area contributed by atoms with Crippen molar-refractivity contribution in [3.8, 4) is 0 Å². The maximum absolute atomic E-state index is 13.0. The topological polar surface area (TPSA) is 0 Å². The molecule has 0 spiro atoms. The first-order valence-electron chi connectivity index (χ1n) is 3.59. The van der Waals surface area contributed by atoms with Crippen LogP contribution in [0.5, 0.6) is 0 Å². The van der Waals surface area contributed by atoms with Gasteiger partial charge in [-0.3, -0.25) is 0 Å². The first kappa shape index (κ1) is 8.97. The van der Waals surface area contributed by atoms with Crippen LogP contribution in [0.1, 0.15) is 18.1 Å². The van der Waals surface area contributed by atoms with Crippen molar-refractivity contribution in [2.45, 2.75) is 20.3 Å². The van der Waals surface area contributed by atoms with Crippen LogP contribution in [-0.2, 0) is 6.42 Å². The van der Waals surface area contributed by atoms with Crippen molar-refractivity contribution in [2.24, 2.45) is 0 Å². The molecule has 0 bridgehead atoms. The van der Waals surface area contributed by atoms with Crippen LogP contribution in [0.2, 0.25) is 0 Å². The summed E-state index contributed by atoms with van der Waals surface area (Å²) in [6, 6.07) is 3.64. The Morgan fingerprint density at radius 3 is 2.55 bits per heavy atom. The number of halogens is 2. The van der Waals surface area contributed by atoms with Crippen LogP contribution in [0, 0.1) is 16.3 Å². The Morgan fingerprint density at radius 2 is 2.09 bits per heavy atom. The van der Waals surface area contributed by atoms with Gasteiger partial charge in [-0.05, 0) is 59.2 Å². The van der Waals surface area contributed by atoms with Gasteiger partial charge in [-0.15, -0.1) is 0 Å². The molecular weight excluding hydrogens is 254 g/mol. The molecule has 0 aliphatic carbocycles. The van der Waals surface area contributed by atoms with Crippen LogP contribution in [0.15, 0.2) is 12.1 Å². The minimum Gasteiger partial charge on any atom is -0.207 e. The molecule has 1 aromatic rings. The van der Waals surface area contributed by atoms with Crippen LogP contribution in [0.4, 0.5) is 4.39 Å². The molecule has 0 heterocycles. The zero-order valence-electron chi connectivity index (χ0n) is 6.62. The summed E-state index contributed by atoms with van der Waals surface area (Å²) in [4.78, 5) is 0. The van der Waals surface area contributed by atoms with Crippen LogP contribution in [0.3, 0.4) is 0 Å². The lowest BCUT2D eigenvalue weighted by Gasteiger charge is -2.02. The fourth-order valence-corrected chi connectivity index (χ4v) is 1.56. The van der Waals surface area contributed by atoms with Gasteiger partial charge >= 0.3 is 0 Å². The predicted molar refractivity (Wildman–Crippen MR) is 53.2 cm³/mol. The van der Waals surface area contributed by atoms with Gasteiger partial charge in [0.25, 0.3) is 0 Å². The highest BCUT2D eigenvalue weighted by Gasteiger charge is 2.02. The van der Waals surface area contributed by atoms with E-state index in [9.17, 15) is 4.39 Å². The summed E-state index contributed by atoms with van der Waals surface area (Å²) >= 11 is 2.16. The molecule has 0 N–H and O–H groups in total. The Balaban J connectivity index is 3.21. The van der Waals surface area contributed by atoms with Gasteiger partial charge in [0.15, 0.2) is 0 Å². The molecule has 0 saturated heterocycles. The Kier molecular flexibility index (Phi) is 2.87. The molecule has 11 heavy (non-hydrogen) atoms. The largest absolute Gasteiger partial charge is 0.207 e. The predicted octanol–water partition coefficient (Wildman–Crippen LogP) is 3.30. The summed E-state index contributed by atoms with van der Waals surface area (Å²) in [6.07, 6.45) is 0.896. The summed E-state index contributed by atoms with van der Waals surface area (Å²) in [6.45, 7) is 3.83. The highest BCUT2D eigenvalue weighted by Crippen LogP contribution is 2.17. The van der Waals surface area contributed by atoms with E-state index < -0.39 is 0 Å². The van der Waals surface area contributed by atoms with E-state index in [0.717, 1.165) is 21.1 Å². The standard InChI is InChI=1S/C9H10FI/c1-3-7-4-8(10)6(2)9(11)5-7/h4-5H,3H2,1-2H3. The molecule has 0 unspecified atom stereocenters. The monoisotopic (exact) mass is 264 g/mol. The Labute approximate surface area is 80.0 Å². The molecular formula is C9H10FI. The average molecular weight is 264 g/mol. The van der Waals surface area contributed by atoms with Crippen LogP contribution >= 0.6 is 22.6 Å². The number of hydrogen-bond donors (Lipinski definition) is 0. The molecule has 0 aliphatic heterocycles. The molecule has 1 aromatic carbocycles. The number of rotatable bonds is 1. The van der Waals surface area contributed by atoms with E-state index in [0.29, 0.717) is 0 Å². The highest BCUT2D eigenvalue weighted by atomic mass is 127. The van der Waals surface area contributed by atoms with Gasteiger partial charge in [-0.2, -0.15) is 0 Å². The molecule has 1 rings (SSSR count). The summed E-state index contributed by atoms with van der Waals surface area (Å²) in [5, 5.41) is 0. The quantitative estimate of drug-likeness (QED) is 0.683. The summed E-state index contributed by atoms with van der Waals surface area (Å²) < 4.78 is 14.0. The summed E-state index contributed by atoms with van der Waals surface area (Å²) in [7, 11) is 0. The van der Waals surface area contributed by atoms with Crippen LogP contribution in [0.25, 0.3) is 0 Å². The van der Waals surface area contributed by atoms with Crippen molar-refractivity contribution < 1.29 is 4.39 Å². The number of hydrogen-bond acceptors (Lipinski definition) is 0. The molecule has 0 nitrogen and oxygen atoms in total. The lowest BCUT2D eigenvalue weighted by Crippen LogP contribution is -1.90. The van der Waals surface area contributed by atoms with E-state index in [2.05, 4.69) is 22.6 Å². The second-order valence-corrected chi connectivity index (χ2v) is 3.70. The van der Waals surface area contributed by atoms with Gasteiger partial charge in [0.1, 0.15) is 5.82 Å². The molecule has 0 saturated carbocycles. The van der Waals surface area contributed by atoms with Crippen molar-refractivity contribution in [1.29, 1.82) is 0 Å². The Bertz CT molecular complexity index is 245. The SMILES string of the molecule is CCc1cc(F)c(C)c(I)c1. The molecule has 0 aromatic heterocycles. The fourth-order valence-electron chi connectivity index (χ4n) is 0.902. The van der Waals surface area contributed by atoms with Crippen molar-refractivity contribution >= 4 is 22.6 Å². The second kappa shape index (κ2) is 3.52. The molecule has 0 fully saturated rings. The Morgan fingerprint density at radius 1 is 1.45 bits per heavy atom. The van der Waals surface area contributed by atoms with Gasteiger partial charge in [0.05, 0.1) is 0 Å². The second-order valence-electron chi connectivity index (χ2n) is 2.54. The Hall–Kier alpha value is -0.120. The molecule has 60 valence electrons. The van der Waals surface area contributed by atoms with E-state index in [1.165, 1.54) is 0 Å². The fraction of sp³-hybridized carbons (Fsp3) is 0.333. The first-order valence-corrected chi connectivity index (χ1v) is 4.67. The maximum Gasteiger partial charge on any atom is 0.127 e. The van der Waals surface area contributed by atoms with Gasteiger partial charge < -0.3 is 0 Å².